The summed E-state index contributed by atoms with van der Waals surface area (Å²) < 4.78 is 62.3. The van der Waals surface area contributed by atoms with Crippen LogP contribution in [0.4, 0.5) is 14.5 Å². The number of rotatable bonds is 13. The number of nitrogens with zero attached hydrogens (tertiary/aromatic N) is 2. The number of hydrogen-bond donors (Lipinski definition) is 2. The summed E-state index contributed by atoms with van der Waals surface area (Å²) in [6, 6.07) is 19.3. The van der Waals surface area contributed by atoms with Crippen LogP contribution < -0.4 is 4.72 Å². The lowest BCUT2D eigenvalue weighted by Gasteiger charge is -2.37. The van der Waals surface area contributed by atoms with Gasteiger partial charge in [0, 0.05) is 25.4 Å². The molecule has 0 radical (unpaired) electrons. The van der Waals surface area contributed by atoms with Gasteiger partial charge in [0.15, 0.2) is 5.03 Å². The number of carbonyl (C=O) groups excluding carboxylic acids is 1. The van der Waals surface area contributed by atoms with E-state index in [2.05, 4.69) is 9.71 Å². The van der Waals surface area contributed by atoms with Gasteiger partial charge in [-0.1, -0.05) is 36.4 Å². The fourth-order valence-electron chi connectivity index (χ4n) is 5.52. The number of carbonyl (C=O) groups is 1. The van der Waals surface area contributed by atoms with Gasteiger partial charge in [-0.05, 0) is 98.0 Å². The number of anilines is 1. The van der Waals surface area contributed by atoms with E-state index in [9.17, 15) is 27.1 Å². The summed E-state index contributed by atoms with van der Waals surface area (Å²) in [4.78, 5) is 17.2. The number of sulfonamides is 1. The number of esters is 1. The van der Waals surface area contributed by atoms with Crippen molar-refractivity contribution in [3.05, 3.63) is 125 Å². The highest BCUT2D eigenvalue weighted by Crippen LogP contribution is 2.38. The van der Waals surface area contributed by atoms with E-state index in [1.165, 1.54) is 36.8 Å². The molecule has 3 aromatic carbocycles. The van der Waals surface area contributed by atoms with Crippen molar-refractivity contribution in [2.75, 3.05) is 4.72 Å². The molecule has 2 N–H and O–H groups in total. The zero-order chi connectivity index (χ0) is 32.0. The van der Waals surface area contributed by atoms with Crippen molar-refractivity contribution in [2.24, 2.45) is 7.05 Å². The third kappa shape index (κ3) is 8.36. The van der Waals surface area contributed by atoms with Crippen LogP contribution in [0.15, 0.2) is 102 Å². The zero-order valence-electron chi connectivity index (χ0n) is 24.9. The molecule has 0 amide bonds. The Labute approximate surface area is 261 Å². The van der Waals surface area contributed by atoms with E-state index >= 15 is 0 Å². The molecule has 45 heavy (non-hydrogen) atoms. The van der Waals surface area contributed by atoms with E-state index in [0.717, 1.165) is 16.7 Å². The van der Waals surface area contributed by atoms with Crippen LogP contribution in [-0.2, 0) is 45.9 Å². The molecule has 1 aliphatic heterocycles. The number of aryl methyl sites for hydroxylation is 4. The van der Waals surface area contributed by atoms with Crippen LogP contribution >= 0.6 is 0 Å². The Morgan fingerprint density at radius 1 is 0.911 bits per heavy atom. The van der Waals surface area contributed by atoms with E-state index in [-0.39, 0.29) is 40.8 Å². The molecule has 2 heterocycles. The Morgan fingerprint density at radius 3 is 2.09 bits per heavy atom. The molecule has 0 saturated heterocycles. The maximum absolute atomic E-state index is 13.4. The number of aromatic nitrogens is 2. The van der Waals surface area contributed by atoms with E-state index in [1.54, 1.807) is 54.1 Å². The Bertz CT molecular complexity index is 1740. The number of benzene rings is 3. The van der Waals surface area contributed by atoms with Gasteiger partial charge in [0.2, 0.25) is 0 Å². The van der Waals surface area contributed by atoms with Gasteiger partial charge >= 0.3 is 5.97 Å². The number of imidazole rings is 1. The molecule has 5 rings (SSSR count). The molecule has 0 bridgehead atoms. The third-order valence-corrected chi connectivity index (χ3v) is 9.25. The highest BCUT2D eigenvalue weighted by Gasteiger charge is 2.41. The van der Waals surface area contributed by atoms with Crippen molar-refractivity contribution in [3.63, 3.8) is 0 Å². The first-order chi connectivity index (χ1) is 21.5. The first-order valence-electron chi connectivity index (χ1n) is 14.7. The minimum atomic E-state index is -3.84. The monoisotopic (exact) mass is 635 g/mol. The molecule has 1 aliphatic rings. The summed E-state index contributed by atoms with van der Waals surface area (Å²) in [7, 11) is -2.15. The Hall–Kier alpha value is -4.51. The molecular formula is C34H35F2N3O5S. The molecule has 0 fully saturated rings. The second-order valence-electron chi connectivity index (χ2n) is 11.5. The topological polar surface area (TPSA) is 111 Å². The zero-order valence-corrected chi connectivity index (χ0v) is 25.7. The first-order valence-corrected chi connectivity index (χ1v) is 16.2. The van der Waals surface area contributed by atoms with Crippen molar-refractivity contribution in [3.8, 4) is 0 Å². The third-order valence-electron chi connectivity index (χ3n) is 7.99. The van der Waals surface area contributed by atoms with Gasteiger partial charge in [0.05, 0.1) is 11.9 Å². The fraction of sp³-hybridized carbons (Fsp3) is 0.294. The van der Waals surface area contributed by atoms with E-state index < -0.39 is 21.6 Å². The molecule has 11 heteroatoms. The Balaban J connectivity index is 1.24. The summed E-state index contributed by atoms with van der Waals surface area (Å²) in [5, 5.41) is 11.0. The summed E-state index contributed by atoms with van der Waals surface area (Å²) in [5.74, 6) is -1.26. The predicted molar refractivity (Wildman–Crippen MR) is 166 cm³/mol. The normalized spacial score (nSPS) is 14.8. The molecule has 1 aromatic heterocycles. The van der Waals surface area contributed by atoms with Gasteiger partial charge in [-0.25, -0.2) is 18.6 Å². The number of cyclic esters (lactones) is 1. The Kier molecular flexibility index (Phi) is 9.67. The highest BCUT2D eigenvalue weighted by molar-refractivity contribution is 7.92. The van der Waals surface area contributed by atoms with Gasteiger partial charge in [-0.3, -0.25) is 4.72 Å². The summed E-state index contributed by atoms with van der Waals surface area (Å²) in [5.41, 5.74) is 2.26. The molecule has 4 aromatic rings. The van der Waals surface area contributed by atoms with Crippen LogP contribution in [0.3, 0.4) is 0 Å². The molecule has 0 unspecified atom stereocenters. The Morgan fingerprint density at radius 2 is 1.53 bits per heavy atom. The van der Waals surface area contributed by atoms with Crippen LogP contribution in [0.1, 0.15) is 48.8 Å². The molecule has 0 spiro atoms. The first kappa shape index (κ1) is 31.9. The quantitative estimate of drug-likeness (QED) is 0.161. The second-order valence-corrected chi connectivity index (χ2v) is 13.1. The summed E-state index contributed by atoms with van der Waals surface area (Å²) >= 11 is 0. The summed E-state index contributed by atoms with van der Waals surface area (Å²) in [6.45, 7) is 0. The smallest absolute Gasteiger partial charge is 0.337 e. The van der Waals surface area contributed by atoms with E-state index in [0.29, 0.717) is 44.2 Å². The largest absolute Gasteiger partial charge is 0.512 e. The van der Waals surface area contributed by atoms with Gasteiger partial charge in [-0.15, -0.1) is 0 Å². The van der Waals surface area contributed by atoms with Gasteiger partial charge in [-0.2, -0.15) is 8.42 Å². The van der Waals surface area contributed by atoms with Crippen molar-refractivity contribution >= 4 is 21.7 Å². The van der Waals surface area contributed by atoms with Crippen LogP contribution in [0.2, 0.25) is 0 Å². The van der Waals surface area contributed by atoms with Gasteiger partial charge in [0.25, 0.3) is 10.0 Å². The van der Waals surface area contributed by atoms with Crippen LogP contribution in [0, 0.1) is 11.6 Å². The lowest BCUT2D eigenvalue weighted by atomic mass is 9.82. The second kappa shape index (κ2) is 13.6. The number of ether oxygens (including phenoxy) is 1. The van der Waals surface area contributed by atoms with Crippen molar-refractivity contribution in [1.82, 2.24) is 9.55 Å². The maximum atomic E-state index is 13.4. The highest BCUT2D eigenvalue weighted by atomic mass is 32.2. The molecule has 0 saturated carbocycles. The van der Waals surface area contributed by atoms with E-state index in [4.69, 9.17) is 4.74 Å². The standard InChI is InChI=1S/C34H35F2N3O5S/c1-39-22-32(37-23-39)45(42,43)38-29-6-2-4-26(20-29)5-3-7-30-31(40)21-34(44-33(30)41,18-16-24-8-12-27(35)13-9-24)19-17-25-10-14-28(36)15-11-25/h2,4,6,8-15,20,22-23,38,40H,3,5,7,16-19,21H2,1H3. The fourth-order valence-corrected chi connectivity index (χ4v) is 6.55. The number of aliphatic hydroxyl groups excluding tert-OH is 1. The SMILES string of the molecule is Cn1cnc(S(=O)(=O)Nc2cccc(CCCC3=C(O)CC(CCc4ccc(F)cc4)(CCc4ccc(F)cc4)OC3=O)c2)c1. The molecule has 0 atom stereocenters. The minimum absolute atomic E-state index is 0.0127. The maximum Gasteiger partial charge on any atom is 0.337 e. The lowest BCUT2D eigenvalue weighted by Crippen LogP contribution is -2.41. The average molecular weight is 636 g/mol. The van der Waals surface area contributed by atoms with Gasteiger partial charge in [0.1, 0.15) is 23.0 Å². The average Bonchev–Trinajstić information content (AvgIpc) is 3.45. The number of halogens is 2. The number of nitrogens with one attached hydrogen (secondary N) is 1. The molecule has 236 valence electrons. The number of hydrogen-bond acceptors (Lipinski definition) is 6. The van der Waals surface area contributed by atoms with Gasteiger partial charge < -0.3 is 14.4 Å². The van der Waals surface area contributed by atoms with Crippen LogP contribution in [0.5, 0.6) is 0 Å². The van der Waals surface area contributed by atoms with Crippen molar-refractivity contribution < 1.29 is 31.8 Å². The summed E-state index contributed by atoms with van der Waals surface area (Å²) in [6.07, 6.45) is 6.16. The lowest BCUT2D eigenvalue weighted by molar-refractivity contribution is -0.160. The van der Waals surface area contributed by atoms with Crippen LogP contribution in [0.25, 0.3) is 0 Å². The predicted octanol–water partition coefficient (Wildman–Crippen LogP) is 6.59. The van der Waals surface area contributed by atoms with E-state index in [1.807, 2.05) is 6.07 Å². The number of aliphatic hydroxyl groups is 1. The molecule has 8 nitrogen and oxygen atoms in total. The molecular weight excluding hydrogens is 600 g/mol. The van der Waals surface area contributed by atoms with Crippen molar-refractivity contribution in [2.45, 2.75) is 62.0 Å². The minimum Gasteiger partial charge on any atom is -0.512 e. The van der Waals surface area contributed by atoms with Crippen LogP contribution in [-0.4, -0.2) is 34.6 Å². The van der Waals surface area contributed by atoms with Crippen molar-refractivity contribution in [1.29, 1.82) is 0 Å². The molecule has 0 aliphatic carbocycles.